The van der Waals surface area contributed by atoms with E-state index in [9.17, 15) is 47.9 Å². The van der Waals surface area contributed by atoms with Crippen molar-refractivity contribution in [3.63, 3.8) is 0 Å². The number of halogens is 2. The molecule has 3 heterocycles. The molecule has 0 unspecified atom stereocenters. The Morgan fingerprint density at radius 1 is 1.00 bits per heavy atom. The van der Waals surface area contributed by atoms with Gasteiger partial charge in [-0.3, -0.25) is 33.6 Å². The third-order valence-electron chi connectivity index (χ3n) is 11.5. The second kappa shape index (κ2) is 17.9. The maximum absolute atomic E-state index is 14.5. The lowest BCUT2D eigenvalue weighted by molar-refractivity contribution is -0.153. The molecule has 0 radical (unpaired) electrons. The molecular formula is C41H50ClFN8O9. The number of nitrogens with zero attached hydrogens (tertiary/aromatic N) is 3. The standard InChI is InChI=1S/C41H50ClFN8O9/c1-21-7-5-8-25(13-21)14-29(47-40(60)46-28-11-10-26(42)15-27(28)43)35(55)48-34(24(4)52)39(59)49-12-6-9-30(49)38(58)50-20-33(54)44-18-31(50)36(56)45-23(3)37(57)51-19-22(2)16-41(51)17-32(41)53/h5,7-8,10-11,13,15,22-24,29-31,34,52H,6,9,12,14,16-20H2,1-4H3,(H,44,54)(H,45,56)(H,48,55)(H2,46,47,60)/t22-,23+,24+,29+,30+,31+,34+,41-/m1/s1. The highest BCUT2D eigenvalue weighted by Crippen LogP contribution is 2.48. The Kier molecular flexibility index (Phi) is 13.1. The molecule has 1 saturated carbocycles. The number of carbonyl (C=O) groups is 8. The van der Waals surface area contributed by atoms with Gasteiger partial charge in [-0.25, -0.2) is 9.18 Å². The first-order valence-corrected chi connectivity index (χ1v) is 20.4. The van der Waals surface area contributed by atoms with Crippen LogP contribution in [0.3, 0.4) is 0 Å². The Bertz CT molecular complexity index is 2090. The minimum atomic E-state index is -1.60. The number of hydrogen-bond donors (Lipinski definition) is 6. The van der Waals surface area contributed by atoms with Crippen molar-refractivity contribution in [2.75, 3.05) is 31.5 Å². The molecular weight excluding hydrogens is 803 g/mol. The highest BCUT2D eigenvalue weighted by atomic mass is 35.5. The van der Waals surface area contributed by atoms with E-state index in [0.29, 0.717) is 24.9 Å². The number of aliphatic hydroxyl groups excluding tert-OH is 1. The van der Waals surface area contributed by atoms with Gasteiger partial charge in [0.2, 0.25) is 35.4 Å². The van der Waals surface area contributed by atoms with Crippen molar-refractivity contribution in [2.45, 2.75) is 102 Å². The van der Waals surface area contributed by atoms with Crippen LogP contribution in [0.1, 0.15) is 57.6 Å². The van der Waals surface area contributed by atoms with E-state index in [0.717, 1.165) is 16.5 Å². The van der Waals surface area contributed by atoms with Gasteiger partial charge >= 0.3 is 6.03 Å². The van der Waals surface area contributed by atoms with Gasteiger partial charge in [-0.1, -0.05) is 48.4 Å². The topological polar surface area (TPSA) is 227 Å². The molecule has 8 amide bonds. The van der Waals surface area contributed by atoms with Crippen molar-refractivity contribution < 1.29 is 47.9 Å². The van der Waals surface area contributed by atoms with Gasteiger partial charge in [-0.2, -0.15) is 0 Å². The van der Waals surface area contributed by atoms with Gasteiger partial charge in [0, 0.05) is 37.5 Å². The van der Waals surface area contributed by atoms with Gasteiger partial charge in [0.25, 0.3) is 0 Å². The van der Waals surface area contributed by atoms with Gasteiger partial charge in [-0.15, -0.1) is 0 Å². The third-order valence-corrected chi connectivity index (χ3v) is 11.7. The van der Waals surface area contributed by atoms with Crippen molar-refractivity contribution in [1.82, 2.24) is 36.0 Å². The summed E-state index contributed by atoms with van der Waals surface area (Å²) in [6.45, 7) is 6.20. The number of rotatable bonds is 12. The van der Waals surface area contributed by atoms with Crippen LogP contribution in [-0.2, 0) is 40.0 Å². The first-order valence-electron chi connectivity index (χ1n) is 20.0. The number of piperazine rings is 1. The van der Waals surface area contributed by atoms with Crippen LogP contribution in [0, 0.1) is 18.7 Å². The summed E-state index contributed by atoms with van der Waals surface area (Å²) in [5.41, 5.74) is 0.483. The lowest BCUT2D eigenvalue weighted by Crippen LogP contribution is -2.66. The van der Waals surface area contributed by atoms with E-state index in [2.05, 4.69) is 26.6 Å². The lowest BCUT2D eigenvalue weighted by atomic mass is 10.0. The van der Waals surface area contributed by atoms with Crippen LogP contribution < -0.4 is 26.6 Å². The molecule has 0 bridgehead atoms. The molecule has 4 aliphatic rings. The van der Waals surface area contributed by atoms with Crippen LogP contribution in [-0.4, -0.2) is 135 Å². The number of anilines is 1. The second-order valence-corrected chi connectivity index (χ2v) is 16.7. The predicted octanol–water partition coefficient (Wildman–Crippen LogP) is 0.789. The zero-order chi connectivity index (χ0) is 43.6. The van der Waals surface area contributed by atoms with Gasteiger partial charge in [0.05, 0.1) is 11.8 Å². The minimum absolute atomic E-state index is 0.0206. The minimum Gasteiger partial charge on any atom is -0.391 e. The van der Waals surface area contributed by atoms with E-state index in [-0.39, 0.29) is 54.8 Å². The number of carbonyl (C=O) groups excluding carboxylic acids is 8. The summed E-state index contributed by atoms with van der Waals surface area (Å²) in [5.74, 6) is -4.81. The Morgan fingerprint density at radius 3 is 2.40 bits per heavy atom. The van der Waals surface area contributed by atoms with E-state index in [4.69, 9.17) is 11.6 Å². The third kappa shape index (κ3) is 9.54. The summed E-state index contributed by atoms with van der Waals surface area (Å²) in [7, 11) is 0. The lowest BCUT2D eigenvalue weighted by Gasteiger charge is -2.39. The predicted molar refractivity (Wildman–Crippen MR) is 215 cm³/mol. The molecule has 4 fully saturated rings. The number of amides is 8. The van der Waals surface area contributed by atoms with Crippen molar-refractivity contribution in [1.29, 1.82) is 0 Å². The molecule has 8 atom stereocenters. The molecule has 3 aliphatic heterocycles. The molecule has 322 valence electrons. The highest BCUT2D eigenvalue weighted by Gasteiger charge is 2.63. The summed E-state index contributed by atoms with van der Waals surface area (Å²) in [5, 5.41) is 23.6. The van der Waals surface area contributed by atoms with Crippen LogP contribution in [0.5, 0.6) is 0 Å². The summed E-state index contributed by atoms with van der Waals surface area (Å²) >= 11 is 5.83. The molecule has 6 rings (SSSR count). The van der Waals surface area contributed by atoms with Crippen LogP contribution in [0.15, 0.2) is 42.5 Å². The Labute approximate surface area is 351 Å². The first-order chi connectivity index (χ1) is 28.4. The number of aliphatic hydroxyl groups is 1. The molecule has 60 heavy (non-hydrogen) atoms. The summed E-state index contributed by atoms with van der Waals surface area (Å²) in [6, 6.07) is 3.40. The van der Waals surface area contributed by atoms with Gasteiger partial charge in [0.1, 0.15) is 48.1 Å². The van der Waals surface area contributed by atoms with Crippen LogP contribution in [0.25, 0.3) is 0 Å². The molecule has 3 saturated heterocycles. The zero-order valence-corrected chi connectivity index (χ0v) is 34.5. The Hall–Kier alpha value is -5.62. The number of hydrogen-bond acceptors (Lipinski definition) is 9. The summed E-state index contributed by atoms with van der Waals surface area (Å²) in [4.78, 5) is 111. The number of ketones is 1. The number of aryl methyl sites for hydroxylation is 1. The van der Waals surface area contributed by atoms with E-state index >= 15 is 0 Å². The maximum Gasteiger partial charge on any atom is 0.319 e. The number of urea groups is 1. The highest BCUT2D eigenvalue weighted by molar-refractivity contribution is 6.30. The molecule has 1 aliphatic carbocycles. The summed E-state index contributed by atoms with van der Waals surface area (Å²) < 4.78 is 14.5. The van der Waals surface area contributed by atoms with Crippen LogP contribution >= 0.6 is 11.6 Å². The Balaban J connectivity index is 1.15. The summed E-state index contributed by atoms with van der Waals surface area (Å²) in [6.07, 6.45) is -0.229. The fourth-order valence-corrected chi connectivity index (χ4v) is 8.55. The van der Waals surface area contributed by atoms with E-state index in [1.807, 2.05) is 19.9 Å². The zero-order valence-electron chi connectivity index (χ0n) is 33.8. The fourth-order valence-electron chi connectivity index (χ4n) is 8.40. The number of likely N-dealkylation sites (tertiary alicyclic amines) is 2. The largest absolute Gasteiger partial charge is 0.391 e. The van der Waals surface area contributed by atoms with Gasteiger partial charge < -0.3 is 46.4 Å². The normalized spacial score (nSPS) is 24.2. The number of benzene rings is 2. The van der Waals surface area contributed by atoms with E-state index < -0.39 is 95.7 Å². The van der Waals surface area contributed by atoms with Gasteiger partial charge in [-0.05, 0) is 69.7 Å². The molecule has 17 nitrogen and oxygen atoms in total. The molecule has 0 aromatic heterocycles. The van der Waals surface area contributed by atoms with E-state index in [1.54, 1.807) is 18.2 Å². The molecule has 19 heteroatoms. The van der Waals surface area contributed by atoms with Gasteiger partial charge in [0.15, 0.2) is 5.78 Å². The SMILES string of the molecule is Cc1cccc(C[C@H](NC(=O)Nc2ccc(Cl)cc2F)C(=O)N[C@H](C(=O)N2CCC[C@H]2C(=O)N2CC(=O)NC[C@H]2C(=O)N[C@@H](C)C(=O)N2C[C@H](C)C[C@]23CC3=O)[C@H](C)O)c1. The second-order valence-electron chi connectivity index (χ2n) is 16.3. The number of Topliss-reactive ketones (excluding diaryl/α,β-unsaturated/α-hetero) is 1. The van der Waals surface area contributed by atoms with E-state index in [1.165, 1.54) is 35.8 Å². The molecule has 1 spiro atoms. The fraction of sp³-hybridized carbons (Fsp3) is 0.512. The van der Waals surface area contributed by atoms with Crippen molar-refractivity contribution in [3.8, 4) is 0 Å². The average Bonchev–Trinajstić information content (AvgIpc) is 3.46. The molecule has 6 N–H and O–H groups in total. The van der Waals surface area contributed by atoms with Crippen LogP contribution in [0.2, 0.25) is 5.02 Å². The van der Waals surface area contributed by atoms with Crippen molar-refractivity contribution in [2.24, 2.45) is 5.92 Å². The molecule has 2 aromatic rings. The quantitative estimate of drug-likeness (QED) is 0.177. The maximum atomic E-state index is 14.5. The Morgan fingerprint density at radius 2 is 1.73 bits per heavy atom. The smallest absolute Gasteiger partial charge is 0.319 e. The van der Waals surface area contributed by atoms with Crippen molar-refractivity contribution in [3.05, 3.63) is 64.4 Å². The molecule has 2 aromatic carbocycles. The van der Waals surface area contributed by atoms with Crippen LogP contribution in [0.4, 0.5) is 14.9 Å². The first kappa shape index (κ1) is 43.9. The monoisotopic (exact) mass is 852 g/mol. The van der Waals surface area contributed by atoms with Crippen molar-refractivity contribution >= 4 is 64.5 Å². The number of nitrogens with one attached hydrogen (secondary N) is 5. The average molecular weight is 853 g/mol.